The predicted molar refractivity (Wildman–Crippen MR) is 73.0 cm³/mol. The largest absolute Gasteiger partial charge is 0.396 e. The van der Waals surface area contributed by atoms with Crippen molar-refractivity contribution in [2.75, 3.05) is 13.2 Å². The molecule has 0 aromatic heterocycles. The number of aliphatic hydroxyl groups excluding tert-OH is 1. The van der Waals surface area contributed by atoms with Crippen molar-refractivity contribution >= 4 is 0 Å². The Morgan fingerprint density at radius 1 is 1.06 bits per heavy atom. The highest BCUT2D eigenvalue weighted by atomic mass is 16.2. The third kappa shape index (κ3) is 5.85. The first-order chi connectivity index (χ1) is 8.38. The molecule has 0 spiro atoms. The third-order valence-corrected chi connectivity index (χ3v) is 3.09. The Morgan fingerprint density at radius 2 is 1.76 bits per heavy atom. The second-order valence-corrected chi connectivity index (χ2v) is 4.46. The average Bonchev–Trinajstić information content (AvgIpc) is 2.39. The molecule has 1 aromatic carbocycles. The van der Waals surface area contributed by atoms with Crippen LogP contribution in [-0.2, 0) is 0 Å². The average molecular weight is 235 g/mol. The summed E-state index contributed by atoms with van der Waals surface area (Å²) in [4.78, 5) is 0. The summed E-state index contributed by atoms with van der Waals surface area (Å²) in [5, 5.41) is 12.3. The molecule has 0 aliphatic heterocycles. The zero-order valence-corrected chi connectivity index (χ0v) is 10.9. The molecule has 0 fully saturated rings. The van der Waals surface area contributed by atoms with Gasteiger partial charge in [0.15, 0.2) is 0 Å². The monoisotopic (exact) mass is 235 g/mol. The van der Waals surface area contributed by atoms with E-state index in [9.17, 15) is 0 Å². The summed E-state index contributed by atoms with van der Waals surface area (Å²) in [6.07, 6.45) is 5.61. The molecule has 0 bridgehead atoms. The molecule has 0 saturated heterocycles. The number of hydrogen-bond donors (Lipinski definition) is 2. The van der Waals surface area contributed by atoms with Crippen LogP contribution in [-0.4, -0.2) is 18.3 Å². The second kappa shape index (κ2) is 9.20. The highest BCUT2D eigenvalue weighted by Crippen LogP contribution is 2.15. The molecular weight excluding hydrogens is 210 g/mol. The zero-order chi connectivity index (χ0) is 12.3. The Kier molecular flexibility index (Phi) is 7.69. The van der Waals surface area contributed by atoms with Crippen LogP contribution >= 0.6 is 0 Å². The summed E-state index contributed by atoms with van der Waals surface area (Å²) in [5.74, 6) is 0. The summed E-state index contributed by atoms with van der Waals surface area (Å²) in [7, 11) is 0. The lowest BCUT2D eigenvalue weighted by atomic mass is 10.0. The third-order valence-electron chi connectivity index (χ3n) is 3.09. The molecule has 0 heterocycles. The Balaban J connectivity index is 2.20. The van der Waals surface area contributed by atoms with E-state index in [0.29, 0.717) is 12.6 Å². The van der Waals surface area contributed by atoms with E-state index in [1.165, 1.54) is 18.4 Å². The van der Waals surface area contributed by atoms with Gasteiger partial charge in [0, 0.05) is 12.6 Å². The maximum atomic E-state index is 8.68. The Bertz CT molecular complexity index is 274. The first-order valence-corrected chi connectivity index (χ1v) is 6.77. The van der Waals surface area contributed by atoms with Gasteiger partial charge in [0.25, 0.3) is 0 Å². The van der Waals surface area contributed by atoms with Crippen molar-refractivity contribution in [3.8, 4) is 0 Å². The fraction of sp³-hybridized carbons (Fsp3) is 0.600. The van der Waals surface area contributed by atoms with E-state index in [4.69, 9.17) is 5.11 Å². The van der Waals surface area contributed by atoms with Crippen LogP contribution in [0.2, 0.25) is 0 Å². The van der Waals surface area contributed by atoms with Crippen molar-refractivity contribution in [2.24, 2.45) is 0 Å². The normalized spacial score (nSPS) is 12.6. The maximum Gasteiger partial charge on any atom is 0.0431 e. The van der Waals surface area contributed by atoms with Crippen LogP contribution in [0.1, 0.15) is 50.6 Å². The molecule has 2 N–H and O–H groups in total. The lowest BCUT2D eigenvalue weighted by molar-refractivity contribution is 0.282. The summed E-state index contributed by atoms with van der Waals surface area (Å²) in [6, 6.07) is 11.1. The van der Waals surface area contributed by atoms with Gasteiger partial charge in [-0.3, -0.25) is 0 Å². The number of unbranched alkanes of at least 4 members (excludes halogenated alkanes) is 3. The minimum Gasteiger partial charge on any atom is -0.396 e. The van der Waals surface area contributed by atoms with E-state index < -0.39 is 0 Å². The molecule has 1 aromatic rings. The molecule has 0 radical (unpaired) electrons. The summed E-state index contributed by atoms with van der Waals surface area (Å²) in [5.41, 5.74) is 1.38. The van der Waals surface area contributed by atoms with Gasteiger partial charge in [0.05, 0.1) is 0 Å². The smallest absolute Gasteiger partial charge is 0.0431 e. The quantitative estimate of drug-likeness (QED) is 0.644. The van der Waals surface area contributed by atoms with Gasteiger partial charge in [-0.1, -0.05) is 50.1 Å². The van der Waals surface area contributed by atoms with Crippen LogP contribution in [0.4, 0.5) is 0 Å². The number of aliphatic hydroxyl groups is 1. The Morgan fingerprint density at radius 3 is 2.41 bits per heavy atom. The lowest BCUT2D eigenvalue weighted by Crippen LogP contribution is -2.21. The van der Waals surface area contributed by atoms with Gasteiger partial charge >= 0.3 is 0 Å². The van der Waals surface area contributed by atoms with Gasteiger partial charge < -0.3 is 10.4 Å². The lowest BCUT2D eigenvalue weighted by Gasteiger charge is -2.17. The van der Waals surface area contributed by atoms with E-state index in [0.717, 1.165) is 25.8 Å². The summed E-state index contributed by atoms with van der Waals surface area (Å²) >= 11 is 0. The molecule has 1 rings (SSSR count). The van der Waals surface area contributed by atoms with Crippen LogP contribution in [0.15, 0.2) is 30.3 Å². The SMILES string of the molecule is CCC(NCCCCCCO)c1ccccc1. The summed E-state index contributed by atoms with van der Waals surface area (Å²) < 4.78 is 0. The molecular formula is C15H25NO. The number of hydrogen-bond acceptors (Lipinski definition) is 2. The van der Waals surface area contributed by atoms with Crippen LogP contribution in [0.25, 0.3) is 0 Å². The van der Waals surface area contributed by atoms with Crippen molar-refractivity contribution in [3.05, 3.63) is 35.9 Å². The molecule has 2 nitrogen and oxygen atoms in total. The predicted octanol–water partition coefficient (Wildman–Crippen LogP) is 3.28. The molecule has 0 amide bonds. The van der Waals surface area contributed by atoms with Gasteiger partial charge in [-0.15, -0.1) is 0 Å². The zero-order valence-electron chi connectivity index (χ0n) is 10.9. The fourth-order valence-corrected chi connectivity index (χ4v) is 2.05. The Labute approximate surface area is 105 Å². The molecule has 17 heavy (non-hydrogen) atoms. The second-order valence-electron chi connectivity index (χ2n) is 4.46. The minimum atomic E-state index is 0.328. The maximum absolute atomic E-state index is 8.68. The number of nitrogens with one attached hydrogen (secondary N) is 1. The van der Waals surface area contributed by atoms with E-state index in [-0.39, 0.29) is 0 Å². The van der Waals surface area contributed by atoms with Crippen LogP contribution in [0.3, 0.4) is 0 Å². The van der Waals surface area contributed by atoms with Gasteiger partial charge in [0.1, 0.15) is 0 Å². The molecule has 1 atom stereocenters. The van der Waals surface area contributed by atoms with E-state index >= 15 is 0 Å². The topological polar surface area (TPSA) is 32.3 Å². The number of rotatable bonds is 9. The molecule has 2 heteroatoms. The van der Waals surface area contributed by atoms with E-state index in [1.807, 2.05) is 0 Å². The molecule has 1 unspecified atom stereocenters. The van der Waals surface area contributed by atoms with Crippen LogP contribution in [0, 0.1) is 0 Å². The first kappa shape index (κ1) is 14.2. The highest BCUT2D eigenvalue weighted by Gasteiger charge is 2.06. The van der Waals surface area contributed by atoms with Gasteiger partial charge in [-0.05, 0) is 31.4 Å². The van der Waals surface area contributed by atoms with Gasteiger partial charge in [-0.2, -0.15) is 0 Å². The van der Waals surface area contributed by atoms with Crippen molar-refractivity contribution in [1.29, 1.82) is 0 Å². The van der Waals surface area contributed by atoms with E-state index in [2.05, 4.69) is 42.6 Å². The van der Waals surface area contributed by atoms with Crippen molar-refractivity contribution in [1.82, 2.24) is 5.32 Å². The van der Waals surface area contributed by atoms with E-state index in [1.54, 1.807) is 0 Å². The molecule has 0 saturated carbocycles. The van der Waals surface area contributed by atoms with Gasteiger partial charge in [-0.25, -0.2) is 0 Å². The molecule has 0 aliphatic carbocycles. The molecule has 0 aliphatic rings. The van der Waals surface area contributed by atoms with Crippen molar-refractivity contribution in [3.63, 3.8) is 0 Å². The van der Waals surface area contributed by atoms with Gasteiger partial charge in [0.2, 0.25) is 0 Å². The minimum absolute atomic E-state index is 0.328. The standard InChI is InChI=1S/C15H25NO/c1-2-15(14-10-6-5-7-11-14)16-12-8-3-4-9-13-17/h5-7,10-11,15-17H,2-4,8-9,12-13H2,1H3. The van der Waals surface area contributed by atoms with Crippen molar-refractivity contribution < 1.29 is 5.11 Å². The van der Waals surface area contributed by atoms with Crippen molar-refractivity contribution in [2.45, 2.75) is 45.1 Å². The number of benzene rings is 1. The Hall–Kier alpha value is -0.860. The summed E-state index contributed by atoms with van der Waals surface area (Å²) in [6.45, 7) is 3.62. The fourth-order valence-electron chi connectivity index (χ4n) is 2.05. The van der Waals surface area contributed by atoms with Crippen LogP contribution in [0.5, 0.6) is 0 Å². The molecule has 96 valence electrons. The highest BCUT2D eigenvalue weighted by molar-refractivity contribution is 5.18. The van der Waals surface area contributed by atoms with Crippen LogP contribution < -0.4 is 5.32 Å². The first-order valence-electron chi connectivity index (χ1n) is 6.77.